The molecule has 0 fully saturated rings. The number of hydrogen-bond donors (Lipinski definition) is 2. The van der Waals surface area contributed by atoms with Gasteiger partial charge >= 0.3 is 0 Å². The standard InChI is InChI=1S/C16H13FN2O/c1-9-15(11-4-2-3-5-14(11)19-9)16(20)12-8-10(17)6-7-13(12)18/h2-8,19H,18H2,1H3. The molecule has 0 unspecified atom stereocenters. The van der Waals surface area contributed by atoms with E-state index in [1.807, 2.05) is 31.2 Å². The highest BCUT2D eigenvalue weighted by molar-refractivity contribution is 6.19. The van der Waals surface area contributed by atoms with Gasteiger partial charge in [-0.3, -0.25) is 4.79 Å². The molecular weight excluding hydrogens is 255 g/mol. The number of rotatable bonds is 2. The molecule has 0 aliphatic heterocycles. The molecule has 1 heterocycles. The Hall–Kier alpha value is -2.62. The Labute approximate surface area is 115 Å². The van der Waals surface area contributed by atoms with Crippen LogP contribution in [0.2, 0.25) is 0 Å². The van der Waals surface area contributed by atoms with Crippen LogP contribution in [0, 0.1) is 12.7 Å². The van der Waals surface area contributed by atoms with Crippen molar-refractivity contribution in [1.82, 2.24) is 4.98 Å². The fourth-order valence-electron chi connectivity index (χ4n) is 2.43. The van der Waals surface area contributed by atoms with E-state index in [0.29, 0.717) is 5.56 Å². The summed E-state index contributed by atoms with van der Waals surface area (Å²) in [5.41, 5.74) is 8.43. The summed E-state index contributed by atoms with van der Waals surface area (Å²) in [5.74, 6) is -0.739. The van der Waals surface area contributed by atoms with Gasteiger partial charge in [0.15, 0.2) is 5.78 Å². The van der Waals surface area contributed by atoms with Crippen molar-refractivity contribution in [3.63, 3.8) is 0 Å². The van der Waals surface area contributed by atoms with E-state index in [-0.39, 0.29) is 17.0 Å². The number of nitrogens with one attached hydrogen (secondary N) is 1. The number of carbonyl (C=O) groups is 1. The lowest BCUT2D eigenvalue weighted by Gasteiger charge is -2.05. The number of benzene rings is 2. The maximum Gasteiger partial charge on any atom is 0.197 e. The monoisotopic (exact) mass is 268 g/mol. The van der Waals surface area contributed by atoms with Gasteiger partial charge in [-0.25, -0.2) is 4.39 Å². The number of aromatic amines is 1. The fraction of sp³-hybridized carbons (Fsp3) is 0.0625. The van der Waals surface area contributed by atoms with Crippen molar-refractivity contribution in [2.45, 2.75) is 6.92 Å². The maximum absolute atomic E-state index is 13.3. The molecule has 0 atom stereocenters. The summed E-state index contributed by atoms with van der Waals surface area (Å²) >= 11 is 0. The minimum Gasteiger partial charge on any atom is -0.398 e. The number of nitrogens with two attached hydrogens (primary N) is 1. The number of para-hydroxylation sites is 1. The molecule has 1 aromatic heterocycles. The number of carbonyl (C=O) groups excluding carboxylic acids is 1. The van der Waals surface area contributed by atoms with Crippen molar-refractivity contribution in [2.24, 2.45) is 0 Å². The number of halogens is 1. The Morgan fingerprint density at radius 3 is 2.75 bits per heavy atom. The smallest absolute Gasteiger partial charge is 0.197 e. The molecule has 0 saturated carbocycles. The van der Waals surface area contributed by atoms with E-state index in [1.165, 1.54) is 18.2 Å². The van der Waals surface area contributed by atoms with Gasteiger partial charge in [-0.05, 0) is 31.2 Å². The largest absolute Gasteiger partial charge is 0.398 e. The second-order valence-electron chi connectivity index (χ2n) is 4.73. The second kappa shape index (κ2) is 4.49. The molecule has 0 aliphatic carbocycles. The lowest BCUT2D eigenvalue weighted by molar-refractivity contribution is 0.104. The van der Waals surface area contributed by atoms with Crippen LogP contribution in [0.15, 0.2) is 42.5 Å². The Morgan fingerprint density at radius 1 is 1.20 bits per heavy atom. The third-order valence-corrected chi connectivity index (χ3v) is 3.38. The van der Waals surface area contributed by atoms with E-state index in [0.717, 1.165) is 16.6 Å². The SMILES string of the molecule is Cc1[nH]c2ccccc2c1C(=O)c1cc(F)ccc1N. The van der Waals surface area contributed by atoms with E-state index in [1.54, 1.807) is 0 Å². The van der Waals surface area contributed by atoms with Gasteiger partial charge < -0.3 is 10.7 Å². The van der Waals surface area contributed by atoms with Gasteiger partial charge in [0.2, 0.25) is 0 Å². The van der Waals surface area contributed by atoms with E-state index >= 15 is 0 Å². The number of fused-ring (bicyclic) bond motifs is 1. The number of aryl methyl sites for hydroxylation is 1. The molecule has 3 nitrogen and oxygen atoms in total. The third-order valence-electron chi connectivity index (χ3n) is 3.38. The van der Waals surface area contributed by atoms with Crippen LogP contribution in [-0.2, 0) is 0 Å². The quantitative estimate of drug-likeness (QED) is 0.552. The number of nitrogen functional groups attached to an aromatic ring is 1. The Bertz CT molecular complexity index is 820. The normalized spacial score (nSPS) is 10.9. The zero-order valence-corrected chi connectivity index (χ0v) is 10.9. The van der Waals surface area contributed by atoms with Crippen LogP contribution in [0.25, 0.3) is 10.9 Å². The summed E-state index contributed by atoms with van der Waals surface area (Å²) < 4.78 is 13.3. The van der Waals surface area contributed by atoms with Crippen LogP contribution in [0.1, 0.15) is 21.6 Å². The van der Waals surface area contributed by atoms with Gasteiger partial charge in [0.05, 0.1) is 5.56 Å². The predicted octanol–water partition coefficient (Wildman–Crippen LogP) is 3.43. The molecule has 100 valence electrons. The number of hydrogen-bond acceptors (Lipinski definition) is 2. The van der Waals surface area contributed by atoms with Crippen molar-refractivity contribution < 1.29 is 9.18 Å². The summed E-state index contributed by atoms with van der Waals surface area (Å²) in [5, 5.41) is 0.818. The molecule has 20 heavy (non-hydrogen) atoms. The van der Waals surface area contributed by atoms with Crippen LogP contribution >= 0.6 is 0 Å². The first-order chi connectivity index (χ1) is 9.58. The first-order valence-electron chi connectivity index (χ1n) is 6.25. The molecule has 2 aromatic carbocycles. The van der Waals surface area contributed by atoms with Crippen molar-refractivity contribution in [1.29, 1.82) is 0 Å². The van der Waals surface area contributed by atoms with Gasteiger partial charge in [-0.15, -0.1) is 0 Å². The average Bonchev–Trinajstić information content (AvgIpc) is 2.76. The number of ketones is 1. The zero-order chi connectivity index (χ0) is 14.3. The molecule has 3 N–H and O–H groups in total. The average molecular weight is 268 g/mol. The Kier molecular flexibility index (Phi) is 2.79. The molecule has 0 aliphatic rings. The van der Waals surface area contributed by atoms with Crippen LogP contribution < -0.4 is 5.73 Å². The molecule has 3 aromatic rings. The highest BCUT2D eigenvalue weighted by atomic mass is 19.1. The summed E-state index contributed by atoms with van der Waals surface area (Å²) in [7, 11) is 0. The maximum atomic E-state index is 13.3. The number of H-pyrrole nitrogens is 1. The number of anilines is 1. The molecule has 0 saturated heterocycles. The number of aromatic nitrogens is 1. The van der Waals surface area contributed by atoms with Gasteiger partial charge in [0.25, 0.3) is 0 Å². The summed E-state index contributed by atoms with van der Waals surface area (Å²) in [4.78, 5) is 15.8. The molecule has 0 amide bonds. The van der Waals surface area contributed by atoms with Gasteiger partial charge in [-0.1, -0.05) is 18.2 Å². The van der Waals surface area contributed by atoms with E-state index in [2.05, 4.69) is 4.98 Å². The molecular formula is C16H13FN2O. The minimum absolute atomic E-state index is 0.192. The van der Waals surface area contributed by atoms with Crippen molar-refractivity contribution in [2.75, 3.05) is 5.73 Å². The second-order valence-corrected chi connectivity index (χ2v) is 4.73. The molecule has 0 bridgehead atoms. The predicted molar refractivity (Wildman–Crippen MR) is 77.3 cm³/mol. The van der Waals surface area contributed by atoms with Crippen LogP contribution in [0.4, 0.5) is 10.1 Å². The van der Waals surface area contributed by atoms with Crippen LogP contribution in [0.3, 0.4) is 0 Å². The molecule has 3 rings (SSSR count). The Morgan fingerprint density at radius 2 is 1.95 bits per heavy atom. The highest BCUT2D eigenvalue weighted by Gasteiger charge is 2.19. The summed E-state index contributed by atoms with van der Waals surface area (Å²) in [6.45, 7) is 1.82. The van der Waals surface area contributed by atoms with Crippen molar-refractivity contribution in [3.8, 4) is 0 Å². The fourth-order valence-corrected chi connectivity index (χ4v) is 2.43. The highest BCUT2D eigenvalue weighted by Crippen LogP contribution is 2.26. The van der Waals surface area contributed by atoms with Crippen molar-refractivity contribution >= 4 is 22.4 Å². The van der Waals surface area contributed by atoms with Crippen LogP contribution in [0.5, 0.6) is 0 Å². The summed E-state index contributed by atoms with van der Waals surface area (Å²) in [6.07, 6.45) is 0. The molecule has 0 spiro atoms. The molecule has 4 heteroatoms. The lowest BCUT2D eigenvalue weighted by Crippen LogP contribution is -2.07. The molecule has 0 radical (unpaired) electrons. The lowest BCUT2D eigenvalue weighted by atomic mass is 9.99. The van der Waals surface area contributed by atoms with Gasteiger partial charge in [0.1, 0.15) is 5.82 Å². The first-order valence-corrected chi connectivity index (χ1v) is 6.25. The van der Waals surface area contributed by atoms with Crippen molar-refractivity contribution in [3.05, 3.63) is 65.1 Å². The third kappa shape index (κ3) is 1.86. The Balaban J connectivity index is 2.22. The zero-order valence-electron chi connectivity index (χ0n) is 10.9. The van der Waals surface area contributed by atoms with Crippen LogP contribution in [-0.4, -0.2) is 10.8 Å². The van der Waals surface area contributed by atoms with E-state index in [9.17, 15) is 9.18 Å². The van der Waals surface area contributed by atoms with Gasteiger partial charge in [0, 0.05) is 27.8 Å². The minimum atomic E-state index is -0.472. The topological polar surface area (TPSA) is 58.9 Å². The van der Waals surface area contributed by atoms with E-state index in [4.69, 9.17) is 5.73 Å². The van der Waals surface area contributed by atoms with Gasteiger partial charge in [-0.2, -0.15) is 0 Å². The van der Waals surface area contributed by atoms with E-state index < -0.39 is 5.82 Å². The summed E-state index contributed by atoms with van der Waals surface area (Å²) in [6, 6.07) is 11.3. The first kappa shape index (κ1) is 12.4.